The van der Waals surface area contributed by atoms with Gasteiger partial charge in [0.25, 0.3) is 0 Å². The molecule has 0 N–H and O–H groups in total. The summed E-state index contributed by atoms with van der Waals surface area (Å²) in [6.45, 7) is 6.36. The van der Waals surface area contributed by atoms with E-state index in [0.717, 1.165) is 135 Å². The van der Waals surface area contributed by atoms with Gasteiger partial charge in [-0.1, -0.05) is 226 Å². The molecule has 6 nitrogen and oxygen atoms in total. The summed E-state index contributed by atoms with van der Waals surface area (Å²) in [4.78, 5) is 38.2. The monoisotopic (exact) mass is 983 g/mol. The smallest absolute Gasteiger partial charge is 0.306 e. The summed E-state index contributed by atoms with van der Waals surface area (Å²) in [5.41, 5.74) is 0. The van der Waals surface area contributed by atoms with Crippen molar-refractivity contribution in [1.29, 1.82) is 0 Å². The largest absolute Gasteiger partial charge is 0.462 e. The van der Waals surface area contributed by atoms with Gasteiger partial charge in [0.1, 0.15) is 13.2 Å². The summed E-state index contributed by atoms with van der Waals surface area (Å²) >= 11 is 0. The van der Waals surface area contributed by atoms with E-state index in [1.54, 1.807) is 0 Å². The first-order chi connectivity index (χ1) is 35.0. The van der Waals surface area contributed by atoms with Crippen molar-refractivity contribution in [1.82, 2.24) is 0 Å². The van der Waals surface area contributed by atoms with Gasteiger partial charge in [0.05, 0.1) is 0 Å². The van der Waals surface area contributed by atoms with Crippen LogP contribution in [0.4, 0.5) is 0 Å². The van der Waals surface area contributed by atoms with Gasteiger partial charge in [0.15, 0.2) is 6.10 Å². The van der Waals surface area contributed by atoms with Crippen molar-refractivity contribution >= 4 is 17.9 Å². The number of unbranched alkanes of at least 4 members (excludes halogenated alkanes) is 20. The number of hydrogen-bond acceptors (Lipinski definition) is 6. The Morgan fingerprint density at radius 1 is 0.296 bits per heavy atom. The van der Waals surface area contributed by atoms with Crippen LogP contribution in [0.25, 0.3) is 0 Å². The Hall–Kier alpha value is -4.19. The Kier molecular flexibility index (Phi) is 54.9. The number of ether oxygens (including phenoxy) is 3. The molecule has 402 valence electrons. The predicted molar refractivity (Wildman–Crippen MR) is 306 cm³/mol. The minimum absolute atomic E-state index is 0.104. The molecule has 0 amide bonds. The lowest BCUT2D eigenvalue weighted by Crippen LogP contribution is -2.30. The Morgan fingerprint density at radius 2 is 0.549 bits per heavy atom. The van der Waals surface area contributed by atoms with Gasteiger partial charge in [-0.25, -0.2) is 0 Å². The maximum atomic E-state index is 12.9. The Balaban J connectivity index is 4.51. The van der Waals surface area contributed by atoms with Crippen LogP contribution in [0.2, 0.25) is 0 Å². The summed E-state index contributed by atoms with van der Waals surface area (Å²) in [6.07, 6.45) is 80.4. The maximum absolute atomic E-state index is 12.9. The fourth-order valence-electron chi connectivity index (χ4n) is 7.63. The zero-order valence-corrected chi connectivity index (χ0v) is 45.9. The number of carbonyl (C=O) groups excluding carboxylic acids is 3. The molecule has 71 heavy (non-hydrogen) atoms. The van der Waals surface area contributed by atoms with Crippen molar-refractivity contribution in [3.8, 4) is 0 Å². The number of esters is 3. The van der Waals surface area contributed by atoms with Crippen molar-refractivity contribution in [2.75, 3.05) is 13.2 Å². The van der Waals surface area contributed by atoms with Crippen LogP contribution in [0, 0.1) is 0 Å². The molecule has 0 aromatic heterocycles. The van der Waals surface area contributed by atoms with Crippen molar-refractivity contribution in [2.24, 2.45) is 0 Å². The molecule has 0 bridgehead atoms. The first-order valence-electron chi connectivity index (χ1n) is 29.0. The highest BCUT2D eigenvalue weighted by atomic mass is 16.6. The quantitative estimate of drug-likeness (QED) is 0.0261. The molecule has 0 rings (SSSR count). The molecule has 6 heteroatoms. The van der Waals surface area contributed by atoms with Crippen LogP contribution in [0.15, 0.2) is 122 Å². The van der Waals surface area contributed by atoms with Gasteiger partial charge in [-0.3, -0.25) is 14.4 Å². The molecule has 1 atom stereocenters. The van der Waals surface area contributed by atoms with E-state index in [1.165, 1.54) is 77.0 Å². The van der Waals surface area contributed by atoms with Gasteiger partial charge < -0.3 is 14.2 Å². The molecule has 0 aliphatic carbocycles. The molecule has 0 unspecified atom stereocenters. The molecule has 0 saturated carbocycles. The second-order valence-corrected chi connectivity index (χ2v) is 18.8. The lowest BCUT2D eigenvalue weighted by Gasteiger charge is -2.18. The molecular formula is C65H106O6. The molecule has 0 heterocycles. The van der Waals surface area contributed by atoms with Crippen LogP contribution in [0.5, 0.6) is 0 Å². The number of carbonyl (C=O) groups is 3. The summed E-state index contributed by atoms with van der Waals surface area (Å²) in [5.74, 6) is -0.966. The highest BCUT2D eigenvalue weighted by Crippen LogP contribution is 2.14. The third-order valence-electron chi connectivity index (χ3n) is 11.9. The van der Waals surface area contributed by atoms with E-state index >= 15 is 0 Å². The highest BCUT2D eigenvalue weighted by Gasteiger charge is 2.19. The van der Waals surface area contributed by atoms with Gasteiger partial charge in [-0.15, -0.1) is 0 Å². The fraction of sp³-hybridized carbons (Fsp3) is 0.646. The second kappa shape index (κ2) is 58.4. The van der Waals surface area contributed by atoms with Crippen molar-refractivity contribution in [3.63, 3.8) is 0 Å². The van der Waals surface area contributed by atoms with E-state index in [-0.39, 0.29) is 37.5 Å². The lowest BCUT2D eigenvalue weighted by molar-refractivity contribution is -0.167. The van der Waals surface area contributed by atoms with Gasteiger partial charge >= 0.3 is 17.9 Å². The van der Waals surface area contributed by atoms with E-state index in [2.05, 4.69) is 142 Å². The van der Waals surface area contributed by atoms with Crippen molar-refractivity contribution in [3.05, 3.63) is 122 Å². The molecule has 0 aromatic rings. The average Bonchev–Trinajstić information content (AvgIpc) is 3.37. The standard InChI is InChI=1S/C65H106O6/c1-4-7-10-13-16-19-22-25-28-31-32-35-37-40-43-46-49-52-55-58-64(67)70-61-62(71-65(68)59-56-53-50-47-44-41-38-34-30-27-24-21-18-15-12-9-6-3)60-69-63(66)57-54-51-48-45-42-39-36-33-29-26-23-20-17-14-11-8-5-2/h7,9-10,12,16,18-19,21,25-30,32,35,38,40-41,43,62H,4-6,8,11,13-15,17,20,22-24,31,33-34,36-37,39,42,44-61H2,1-3H3/b10-7-,12-9-,19-16-,21-18-,28-25-,29-26-,30-27-,35-32-,41-38-,43-40-/t62-/m0/s1. The van der Waals surface area contributed by atoms with Gasteiger partial charge in [-0.05, 0) is 128 Å². The van der Waals surface area contributed by atoms with Crippen LogP contribution in [-0.2, 0) is 28.6 Å². The fourth-order valence-corrected chi connectivity index (χ4v) is 7.63. The van der Waals surface area contributed by atoms with E-state index in [0.29, 0.717) is 12.8 Å². The third kappa shape index (κ3) is 56.6. The topological polar surface area (TPSA) is 78.9 Å². The Labute approximate surface area is 437 Å². The van der Waals surface area contributed by atoms with Crippen LogP contribution in [0.3, 0.4) is 0 Å². The summed E-state index contributed by atoms with van der Waals surface area (Å²) in [7, 11) is 0. The van der Waals surface area contributed by atoms with Crippen molar-refractivity contribution < 1.29 is 28.6 Å². The first-order valence-corrected chi connectivity index (χ1v) is 29.0. The number of allylic oxidation sites excluding steroid dienone is 20. The third-order valence-corrected chi connectivity index (χ3v) is 11.9. The highest BCUT2D eigenvalue weighted by molar-refractivity contribution is 5.71. The zero-order valence-electron chi connectivity index (χ0n) is 45.9. The molecule has 0 saturated heterocycles. The molecular weight excluding hydrogens is 877 g/mol. The SMILES string of the molecule is CC/C=C\C/C=C\C/C=C\C/C=C\C/C=C\CCCCCC(=O)OC[C@H](COC(=O)CCCCCCCCC/C=C\CCCCCCCC)OC(=O)CCCCCC/C=C\C/C=C\C/C=C\C/C=C\CC. The molecule has 0 radical (unpaired) electrons. The Morgan fingerprint density at radius 3 is 0.887 bits per heavy atom. The van der Waals surface area contributed by atoms with E-state index in [9.17, 15) is 14.4 Å². The van der Waals surface area contributed by atoms with Crippen LogP contribution in [-0.4, -0.2) is 37.2 Å². The van der Waals surface area contributed by atoms with Crippen LogP contribution >= 0.6 is 0 Å². The first kappa shape index (κ1) is 66.8. The predicted octanol–water partition coefficient (Wildman–Crippen LogP) is 19.6. The summed E-state index contributed by atoms with van der Waals surface area (Å²) in [6, 6.07) is 0. The zero-order chi connectivity index (χ0) is 51.4. The van der Waals surface area contributed by atoms with Gasteiger partial charge in [-0.2, -0.15) is 0 Å². The van der Waals surface area contributed by atoms with Crippen LogP contribution in [0.1, 0.15) is 252 Å². The number of rotatable bonds is 51. The van der Waals surface area contributed by atoms with E-state index in [1.807, 2.05) is 0 Å². The van der Waals surface area contributed by atoms with Crippen LogP contribution < -0.4 is 0 Å². The van der Waals surface area contributed by atoms with E-state index in [4.69, 9.17) is 14.2 Å². The normalized spacial score (nSPS) is 13.0. The molecule has 0 aliphatic rings. The lowest BCUT2D eigenvalue weighted by atomic mass is 10.1. The molecule has 0 aromatic carbocycles. The van der Waals surface area contributed by atoms with Crippen molar-refractivity contribution in [2.45, 2.75) is 258 Å². The van der Waals surface area contributed by atoms with Gasteiger partial charge in [0.2, 0.25) is 0 Å². The van der Waals surface area contributed by atoms with Gasteiger partial charge in [0, 0.05) is 19.3 Å². The number of hydrogen-bond donors (Lipinski definition) is 0. The minimum atomic E-state index is -0.811. The second-order valence-electron chi connectivity index (χ2n) is 18.8. The van der Waals surface area contributed by atoms with E-state index < -0.39 is 6.10 Å². The summed E-state index contributed by atoms with van der Waals surface area (Å²) < 4.78 is 16.8. The average molecular weight is 984 g/mol. The molecule has 0 fully saturated rings. The molecule has 0 aliphatic heterocycles. The molecule has 0 spiro atoms. The maximum Gasteiger partial charge on any atom is 0.306 e. The Bertz CT molecular complexity index is 1500. The minimum Gasteiger partial charge on any atom is -0.462 e. The summed E-state index contributed by atoms with van der Waals surface area (Å²) in [5, 5.41) is 0.